The maximum Gasteiger partial charge on any atom is 0.258 e. The summed E-state index contributed by atoms with van der Waals surface area (Å²) in [5, 5.41) is 27.4. The number of hydrogen-bond donors (Lipinski definition) is 1. The number of pyridine rings is 1. The van der Waals surface area contributed by atoms with Crippen LogP contribution in [0.4, 0.5) is 8.78 Å². The normalized spacial score (nSPS) is 19.1. The number of likely N-dealkylation sites (tertiary alicyclic amines) is 1. The SMILES string of the molecule is Cc1nc2nn(C)cc2cc1-n1nc(-c2cccc3nn(CC(O)c4ccc(C(=O)N5CC6C(C5)C6(F)F)cc4)cc23)c(C(C)C)c1C. The first-order valence-electron chi connectivity index (χ1n) is 16.2. The largest absolute Gasteiger partial charge is 0.386 e. The molecule has 2 aliphatic rings. The predicted octanol–water partition coefficient (Wildman–Crippen LogP) is 5.98. The van der Waals surface area contributed by atoms with Crippen molar-refractivity contribution in [3.8, 4) is 16.9 Å². The molecule has 1 N–H and O–H groups in total. The second-order valence-corrected chi connectivity index (χ2v) is 13.5. The van der Waals surface area contributed by atoms with Gasteiger partial charge in [-0.2, -0.15) is 15.3 Å². The Labute approximate surface area is 275 Å². The van der Waals surface area contributed by atoms with Crippen LogP contribution in [0.3, 0.4) is 0 Å². The molecule has 1 amide bonds. The van der Waals surface area contributed by atoms with E-state index in [1.807, 2.05) is 43.2 Å². The summed E-state index contributed by atoms with van der Waals surface area (Å²) in [4.78, 5) is 19.1. The highest BCUT2D eigenvalue weighted by Gasteiger charge is 2.72. The fourth-order valence-electron chi connectivity index (χ4n) is 7.38. The molecule has 2 aromatic carbocycles. The Morgan fingerprint density at radius 2 is 1.75 bits per heavy atom. The molecule has 6 aromatic rings. The van der Waals surface area contributed by atoms with Crippen molar-refractivity contribution in [2.24, 2.45) is 18.9 Å². The van der Waals surface area contributed by atoms with Gasteiger partial charge in [-0.3, -0.25) is 14.2 Å². The number of aliphatic hydroxyl groups is 1. The summed E-state index contributed by atoms with van der Waals surface area (Å²) >= 11 is 0. The van der Waals surface area contributed by atoms with Crippen LogP contribution in [0, 0.1) is 25.7 Å². The van der Waals surface area contributed by atoms with Gasteiger partial charge in [0, 0.05) is 65.7 Å². The molecule has 4 aromatic heterocycles. The van der Waals surface area contributed by atoms with Crippen LogP contribution in [0.25, 0.3) is 38.9 Å². The van der Waals surface area contributed by atoms with E-state index in [1.54, 1.807) is 33.6 Å². The summed E-state index contributed by atoms with van der Waals surface area (Å²) in [6.45, 7) is 8.77. The third-order valence-corrected chi connectivity index (χ3v) is 9.98. The average molecular weight is 651 g/mol. The third-order valence-electron chi connectivity index (χ3n) is 9.98. The number of aliphatic hydroxyl groups excluding tert-OH is 1. The van der Waals surface area contributed by atoms with Crippen molar-refractivity contribution in [1.29, 1.82) is 0 Å². The van der Waals surface area contributed by atoms with Gasteiger partial charge in [-0.15, -0.1) is 0 Å². The Bertz CT molecular complexity index is 2220. The van der Waals surface area contributed by atoms with Gasteiger partial charge in [0.15, 0.2) is 5.65 Å². The number of aromatic nitrogens is 7. The molecule has 2 fully saturated rings. The first-order valence-corrected chi connectivity index (χ1v) is 16.2. The van der Waals surface area contributed by atoms with E-state index >= 15 is 0 Å². The van der Waals surface area contributed by atoms with Crippen LogP contribution in [0.2, 0.25) is 0 Å². The van der Waals surface area contributed by atoms with E-state index in [4.69, 9.17) is 15.2 Å². The molecular weight excluding hydrogens is 614 g/mol. The van der Waals surface area contributed by atoms with Crippen molar-refractivity contribution in [3.63, 3.8) is 0 Å². The number of amides is 1. The Morgan fingerprint density at radius 3 is 2.46 bits per heavy atom. The zero-order chi connectivity index (χ0) is 33.6. The van der Waals surface area contributed by atoms with Crippen molar-refractivity contribution in [1.82, 2.24) is 39.2 Å². The Morgan fingerprint density at radius 1 is 1.02 bits per heavy atom. The van der Waals surface area contributed by atoms with Gasteiger partial charge in [-0.05, 0) is 49.6 Å². The van der Waals surface area contributed by atoms with Crippen molar-refractivity contribution in [3.05, 3.63) is 89.0 Å². The van der Waals surface area contributed by atoms with Gasteiger partial charge < -0.3 is 10.0 Å². The zero-order valence-electron chi connectivity index (χ0n) is 27.4. The first kappa shape index (κ1) is 30.4. The van der Waals surface area contributed by atoms with E-state index in [0.717, 1.165) is 50.2 Å². The summed E-state index contributed by atoms with van der Waals surface area (Å²) in [7, 11) is 1.88. The summed E-state index contributed by atoms with van der Waals surface area (Å²) in [6, 6.07) is 14.8. The number of fused-ring (bicyclic) bond motifs is 3. The van der Waals surface area contributed by atoms with Crippen LogP contribution >= 0.6 is 0 Å². The van der Waals surface area contributed by atoms with Crippen LogP contribution in [0.1, 0.15) is 58.7 Å². The van der Waals surface area contributed by atoms with E-state index in [0.29, 0.717) is 16.8 Å². The molecule has 3 atom stereocenters. The van der Waals surface area contributed by atoms with Crippen molar-refractivity contribution in [2.75, 3.05) is 13.1 Å². The first-order chi connectivity index (χ1) is 22.9. The number of nitrogens with zero attached hydrogens (tertiary/aromatic N) is 8. The molecular formula is C36H36F2N8O2. The summed E-state index contributed by atoms with van der Waals surface area (Å²) < 4.78 is 32.6. The molecule has 0 bridgehead atoms. The molecule has 8 rings (SSSR count). The van der Waals surface area contributed by atoms with Gasteiger partial charge in [0.05, 0.1) is 47.1 Å². The molecule has 10 nitrogen and oxygen atoms in total. The number of aryl methyl sites for hydroxylation is 2. The number of benzene rings is 2. The highest BCUT2D eigenvalue weighted by molar-refractivity contribution is 5.95. The number of hydrogen-bond acceptors (Lipinski definition) is 6. The van der Waals surface area contributed by atoms with Crippen LogP contribution in [0.15, 0.2) is 60.9 Å². The van der Waals surface area contributed by atoms with Crippen LogP contribution in [-0.2, 0) is 13.6 Å². The molecule has 1 saturated carbocycles. The lowest BCUT2D eigenvalue weighted by Gasteiger charge is -2.20. The molecule has 3 unspecified atom stereocenters. The molecule has 48 heavy (non-hydrogen) atoms. The monoisotopic (exact) mass is 650 g/mol. The minimum absolute atomic E-state index is 0.0895. The maximum atomic E-state index is 13.6. The molecule has 1 aliphatic carbocycles. The van der Waals surface area contributed by atoms with Gasteiger partial charge in [0.2, 0.25) is 0 Å². The lowest BCUT2D eigenvalue weighted by molar-refractivity contribution is 0.0458. The van der Waals surface area contributed by atoms with Gasteiger partial charge >= 0.3 is 0 Å². The van der Waals surface area contributed by atoms with E-state index in [9.17, 15) is 18.7 Å². The van der Waals surface area contributed by atoms with Gasteiger partial charge in [-0.1, -0.05) is 38.1 Å². The Kier molecular flexibility index (Phi) is 6.82. The predicted molar refractivity (Wildman–Crippen MR) is 177 cm³/mol. The van der Waals surface area contributed by atoms with E-state index in [1.165, 1.54) is 4.90 Å². The van der Waals surface area contributed by atoms with Gasteiger partial charge in [-0.25, -0.2) is 18.4 Å². The topological polar surface area (TPSA) is 107 Å². The minimum atomic E-state index is -2.63. The summed E-state index contributed by atoms with van der Waals surface area (Å²) in [5.41, 5.74) is 8.27. The maximum absolute atomic E-state index is 13.6. The molecule has 1 aliphatic heterocycles. The minimum Gasteiger partial charge on any atom is -0.386 e. The average Bonchev–Trinajstić information content (AvgIpc) is 3.67. The number of halogens is 2. The number of piperidine rings is 1. The van der Waals surface area contributed by atoms with E-state index in [2.05, 4.69) is 38.0 Å². The van der Waals surface area contributed by atoms with E-state index in [-0.39, 0.29) is 31.5 Å². The molecule has 0 radical (unpaired) electrons. The summed E-state index contributed by atoms with van der Waals surface area (Å²) in [6.07, 6.45) is 3.01. The Hall–Kier alpha value is -4.97. The quantitative estimate of drug-likeness (QED) is 0.228. The number of carbonyl (C=O) groups excluding carboxylic acids is 1. The fourth-order valence-corrected chi connectivity index (χ4v) is 7.38. The lowest BCUT2D eigenvalue weighted by Crippen LogP contribution is -2.33. The number of alkyl halides is 2. The van der Waals surface area contributed by atoms with Crippen LogP contribution < -0.4 is 0 Å². The second kappa shape index (κ2) is 10.8. The van der Waals surface area contributed by atoms with E-state index < -0.39 is 23.9 Å². The smallest absolute Gasteiger partial charge is 0.258 e. The molecule has 12 heteroatoms. The van der Waals surface area contributed by atoms with Crippen molar-refractivity contribution < 1.29 is 18.7 Å². The number of rotatable bonds is 7. The lowest BCUT2D eigenvalue weighted by atomic mass is 9.95. The molecule has 5 heterocycles. The molecule has 1 saturated heterocycles. The van der Waals surface area contributed by atoms with Crippen LogP contribution in [0.5, 0.6) is 0 Å². The number of carbonyl (C=O) groups is 1. The second-order valence-electron chi connectivity index (χ2n) is 13.5. The third kappa shape index (κ3) is 4.80. The summed E-state index contributed by atoms with van der Waals surface area (Å²) in [5.74, 6) is -4.12. The van der Waals surface area contributed by atoms with Gasteiger partial charge in [0.25, 0.3) is 11.8 Å². The fraction of sp³-hybridized carbons (Fsp3) is 0.361. The van der Waals surface area contributed by atoms with Crippen molar-refractivity contribution in [2.45, 2.75) is 52.2 Å². The zero-order valence-corrected chi connectivity index (χ0v) is 27.4. The molecule has 246 valence electrons. The Balaban J connectivity index is 1.06. The molecule has 0 spiro atoms. The highest BCUT2D eigenvalue weighted by atomic mass is 19.3. The highest BCUT2D eigenvalue weighted by Crippen LogP contribution is 2.59. The standard InChI is InChI=1S/C36H36F2N8O2/c1-19(2)32-21(4)46(30-13-24-14-43(5)42-34(24)39-20(30)3)41-33(32)25-7-6-8-29-26(25)15-45(40-29)18-31(47)22-9-11-23(12-10-22)35(48)44-16-27-28(17-44)36(27,37)38/h6-15,19,27-28,31,47H,16-18H2,1-5H3. The van der Waals surface area contributed by atoms with Gasteiger partial charge in [0.1, 0.15) is 0 Å². The van der Waals surface area contributed by atoms with Crippen LogP contribution in [-0.4, -0.2) is 69.3 Å². The van der Waals surface area contributed by atoms with Crippen molar-refractivity contribution >= 4 is 27.8 Å².